The molecule has 4 rings (SSSR count). The highest BCUT2D eigenvalue weighted by Crippen LogP contribution is 2.35. The molecule has 1 amide bonds. The molecule has 0 bridgehead atoms. The molecule has 5 nitrogen and oxygen atoms in total. The van der Waals surface area contributed by atoms with Gasteiger partial charge in [-0.2, -0.15) is 0 Å². The first-order chi connectivity index (χ1) is 12.7. The molecule has 26 heavy (non-hydrogen) atoms. The largest absolute Gasteiger partial charge is 0.331 e. The molecule has 1 aromatic heterocycles. The first-order valence-corrected chi connectivity index (χ1v) is 9.19. The molecule has 2 aromatic carbocycles. The van der Waals surface area contributed by atoms with E-state index in [1.54, 1.807) is 0 Å². The maximum absolute atomic E-state index is 12.6. The lowest BCUT2D eigenvalue weighted by Crippen LogP contribution is -2.40. The topological polar surface area (TPSA) is 64.2 Å². The number of para-hydroxylation sites is 2. The summed E-state index contributed by atoms with van der Waals surface area (Å²) in [6, 6.07) is 18.7. The summed E-state index contributed by atoms with van der Waals surface area (Å²) in [6.45, 7) is 2.93. The summed E-state index contributed by atoms with van der Waals surface area (Å²) in [5.41, 5.74) is 9.03. The van der Waals surface area contributed by atoms with E-state index >= 15 is 0 Å². The molecule has 1 aliphatic heterocycles. The van der Waals surface area contributed by atoms with Crippen LogP contribution in [0.2, 0.25) is 0 Å². The average Bonchev–Trinajstić information content (AvgIpc) is 3.01. The molecule has 2 heterocycles. The fourth-order valence-corrected chi connectivity index (χ4v) is 3.97. The molecule has 5 heteroatoms. The van der Waals surface area contributed by atoms with Gasteiger partial charge in [-0.05, 0) is 31.0 Å². The molecule has 0 saturated carbocycles. The van der Waals surface area contributed by atoms with Crippen LogP contribution in [0.5, 0.6) is 0 Å². The Morgan fingerprint density at radius 3 is 2.65 bits per heavy atom. The molecule has 3 aromatic rings. The van der Waals surface area contributed by atoms with Gasteiger partial charge in [0.15, 0.2) is 0 Å². The molecule has 1 aliphatic rings. The third-order valence-electron chi connectivity index (χ3n) is 5.29. The number of benzene rings is 2. The molecule has 0 unspecified atom stereocenters. The number of nitrogens with zero attached hydrogens (tertiary/aromatic N) is 3. The molecule has 0 radical (unpaired) electrons. The van der Waals surface area contributed by atoms with Gasteiger partial charge in [-0.25, -0.2) is 4.98 Å². The third kappa shape index (κ3) is 2.88. The van der Waals surface area contributed by atoms with Gasteiger partial charge in [0, 0.05) is 19.0 Å². The minimum atomic E-state index is -0.106. The summed E-state index contributed by atoms with van der Waals surface area (Å²) in [5.74, 6) is 0.945. The molecular weight excluding hydrogens is 324 g/mol. The SMILES string of the molecule is C[C@H]1CCN(C(=O)CN)[C@@H](Cc2ccccc2)c2nc3ccccc3n21. The fraction of sp³-hybridized carbons (Fsp3) is 0.333. The fourth-order valence-electron chi connectivity index (χ4n) is 3.97. The van der Waals surface area contributed by atoms with Crippen molar-refractivity contribution in [2.75, 3.05) is 13.1 Å². The van der Waals surface area contributed by atoms with E-state index in [1.807, 2.05) is 41.3 Å². The second kappa shape index (κ2) is 6.92. The lowest BCUT2D eigenvalue weighted by molar-refractivity contribution is -0.132. The van der Waals surface area contributed by atoms with Crippen LogP contribution in [0.15, 0.2) is 54.6 Å². The molecule has 2 N–H and O–H groups in total. The van der Waals surface area contributed by atoms with E-state index in [1.165, 1.54) is 5.56 Å². The highest BCUT2D eigenvalue weighted by molar-refractivity contribution is 5.80. The van der Waals surface area contributed by atoms with Crippen LogP contribution in [0.1, 0.15) is 36.8 Å². The first kappa shape index (κ1) is 16.8. The lowest BCUT2D eigenvalue weighted by atomic mass is 10.0. The van der Waals surface area contributed by atoms with Crippen LogP contribution in [0.4, 0.5) is 0 Å². The minimum absolute atomic E-state index is 0.0152. The van der Waals surface area contributed by atoms with Crippen molar-refractivity contribution in [1.29, 1.82) is 0 Å². The van der Waals surface area contributed by atoms with Crippen molar-refractivity contribution in [3.05, 3.63) is 66.0 Å². The molecule has 2 atom stereocenters. The Balaban J connectivity index is 1.87. The van der Waals surface area contributed by atoms with Crippen LogP contribution in [0.3, 0.4) is 0 Å². The first-order valence-electron chi connectivity index (χ1n) is 9.19. The van der Waals surface area contributed by atoms with E-state index < -0.39 is 0 Å². The van der Waals surface area contributed by atoms with E-state index in [9.17, 15) is 4.79 Å². The van der Waals surface area contributed by atoms with Gasteiger partial charge in [0.05, 0.1) is 23.6 Å². The van der Waals surface area contributed by atoms with Crippen LogP contribution < -0.4 is 5.73 Å². The predicted octanol–water partition coefficient (Wildman–Crippen LogP) is 3.07. The normalized spacial score (nSPS) is 20.0. The number of rotatable bonds is 3. The van der Waals surface area contributed by atoms with Crippen LogP contribution in [-0.2, 0) is 11.2 Å². The quantitative estimate of drug-likeness (QED) is 0.791. The Morgan fingerprint density at radius 2 is 1.88 bits per heavy atom. The summed E-state index contributed by atoms with van der Waals surface area (Å²) in [5, 5.41) is 0. The van der Waals surface area contributed by atoms with Gasteiger partial charge in [-0.1, -0.05) is 42.5 Å². The maximum Gasteiger partial charge on any atom is 0.236 e. The second-order valence-corrected chi connectivity index (χ2v) is 6.96. The highest BCUT2D eigenvalue weighted by Gasteiger charge is 2.33. The van der Waals surface area contributed by atoms with Crippen molar-refractivity contribution in [2.45, 2.75) is 31.8 Å². The van der Waals surface area contributed by atoms with Crippen molar-refractivity contribution >= 4 is 16.9 Å². The Labute approximate surface area is 153 Å². The minimum Gasteiger partial charge on any atom is -0.331 e. The van der Waals surface area contributed by atoms with Gasteiger partial charge in [0.1, 0.15) is 5.82 Å². The van der Waals surface area contributed by atoms with Gasteiger partial charge in [0.25, 0.3) is 0 Å². The van der Waals surface area contributed by atoms with Gasteiger partial charge in [0.2, 0.25) is 5.91 Å². The lowest BCUT2D eigenvalue weighted by Gasteiger charge is -2.29. The molecular formula is C21H24N4O. The van der Waals surface area contributed by atoms with Crippen molar-refractivity contribution in [1.82, 2.24) is 14.5 Å². The van der Waals surface area contributed by atoms with Crippen molar-refractivity contribution in [2.24, 2.45) is 5.73 Å². The zero-order valence-corrected chi connectivity index (χ0v) is 15.0. The Hall–Kier alpha value is -2.66. The third-order valence-corrected chi connectivity index (χ3v) is 5.29. The van der Waals surface area contributed by atoms with Gasteiger partial charge >= 0.3 is 0 Å². The van der Waals surface area contributed by atoms with E-state index in [-0.39, 0.29) is 24.5 Å². The molecule has 0 spiro atoms. The number of hydrogen-bond donors (Lipinski definition) is 1. The number of carbonyl (C=O) groups excluding carboxylic acids is 1. The summed E-state index contributed by atoms with van der Waals surface area (Å²) in [7, 11) is 0. The average molecular weight is 348 g/mol. The number of fused-ring (bicyclic) bond motifs is 3. The monoisotopic (exact) mass is 348 g/mol. The van der Waals surface area contributed by atoms with Crippen LogP contribution in [-0.4, -0.2) is 33.4 Å². The van der Waals surface area contributed by atoms with Gasteiger partial charge in [-0.15, -0.1) is 0 Å². The smallest absolute Gasteiger partial charge is 0.236 e. The molecule has 0 aliphatic carbocycles. The molecule has 134 valence electrons. The van der Waals surface area contributed by atoms with E-state index in [0.29, 0.717) is 6.54 Å². The van der Waals surface area contributed by atoms with Crippen LogP contribution >= 0.6 is 0 Å². The summed E-state index contributed by atoms with van der Waals surface area (Å²) >= 11 is 0. The number of aromatic nitrogens is 2. The van der Waals surface area contributed by atoms with E-state index in [0.717, 1.165) is 29.7 Å². The number of hydrogen-bond acceptors (Lipinski definition) is 3. The van der Waals surface area contributed by atoms with Crippen LogP contribution in [0.25, 0.3) is 11.0 Å². The number of amides is 1. The predicted molar refractivity (Wildman–Crippen MR) is 103 cm³/mol. The molecule has 0 saturated heterocycles. The summed E-state index contributed by atoms with van der Waals surface area (Å²) in [6.07, 6.45) is 1.63. The van der Waals surface area contributed by atoms with E-state index in [2.05, 4.69) is 29.7 Å². The molecule has 0 fully saturated rings. The zero-order valence-electron chi connectivity index (χ0n) is 15.0. The standard InChI is InChI=1S/C21H24N4O/c1-15-11-12-24(20(26)14-22)19(13-16-7-3-2-4-8-16)21-23-17-9-5-6-10-18(17)25(15)21/h2-10,15,19H,11-14,22H2,1H3/t15-,19-/m0/s1. The zero-order chi connectivity index (χ0) is 18.1. The maximum atomic E-state index is 12.6. The summed E-state index contributed by atoms with van der Waals surface area (Å²) < 4.78 is 2.31. The number of nitrogens with two attached hydrogens (primary N) is 1. The summed E-state index contributed by atoms with van der Waals surface area (Å²) in [4.78, 5) is 19.5. The van der Waals surface area contributed by atoms with Gasteiger partial charge in [-0.3, -0.25) is 4.79 Å². The van der Waals surface area contributed by atoms with Crippen molar-refractivity contribution in [3.8, 4) is 0 Å². The highest BCUT2D eigenvalue weighted by atomic mass is 16.2. The Bertz CT molecular complexity index is 918. The number of imidazole rings is 1. The van der Waals surface area contributed by atoms with Crippen molar-refractivity contribution in [3.63, 3.8) is 0 Å². The Kier molecular flexibility index (Phi) is 4.47. The number of carbonyl (C=O) groups is 1. The van der Waals surface area contributed by atoms with E-state index in [4.69, 9.17) is 10.7 Å². The van der Waals surface area contributed by atoms with Crippen molar-refractivity contribution < 1.29 is 4.79 Å². The second-order valence-electron chi connectivity index (χ2n) is 6.96. The van der Waals surface area contributed by atoms with Crippen LogP contribution in [0, 0.1) is 0 Å². The Morgan fingerprint density at radius 1 is 1.15 bits per heavy atom. The van der Waals surface area contributed by atoms with Gasteiger partial charge < -0.3 is 15.2 Å².